The molecule has 166 valence electrons. The Bertz CT molecular complexity index is 1130. The Hall–Kier alpha value is -3.74. The highest BCUT2D eigenvalue weighted by molar-refractivity contribution is 8.03. The van der Waals surface area contributed by atoms with Crippen LogP contribution in [-0.2, 0) is 30.5 Å². The second-order valence-electron chi connectivity index (χ2n) is 6.97. The Morgan fingerprint density at radius 1 is 1.34 bits per heavy atom. The van der Waals surface area contributed by atoms with Crippen molar-refractivity contribution in [3.8, 4) is 0 Å². The summed E-state index contributed by atoms with van der Waals surface area (Å²) in [5.74, 6) is -2.23. The van der Waals surface area contributed by atoms with Crippen molar-refractivity contribution >= 4 is 35.3 Å². The molecule has 2 aromatic rings. The summed E-state index contributed by atoms with van der Waals surface area (Å²) in [4.78, 5) is 52.5. The fourth-order valence-electron chi connectivity index (χ4n) is 3.34. The lowest BCUT2D eigenvalue weighted by Gasteiger charge is -2.44. The van der Waals surface area contributed by atoms with Gasteiger partial charge in [0.1, 0.15) is 23.6 Å². The Balaban J connectivity index is 1.41. The van der Waals surface area contributed by atoms with Crippen LogP contribution in [0.4, 0.5) is 5.69 Å². The molecule has 0 bridgehead atoms. The normalized spacial score (nSPS) is 20.1. The topological polar surface area (TPSA) is 155 Å². The first-order valence-electron chi connectivity index (χ1n) is 9.33. The van der Waals surface area contributed by atoms with Crippen molar-refractivity contribution in [3.63, 3.8) is 0 Å². The number of amides is 1. The van der Waals surface area contributed by atoms with Gasteiger partial charge in [-0.2, -0.15) is 4.98 Å². The maximum absolute atomic E-state index is 12.9. The summed E-state index contributed by atoms with van der Waals surface area (Å²) >= 11 is 1.21. The van der Waals surface area contributed by atoms with Crippen LogP contribution >= 0.6 is 11.8 Å². The number of hydrogen-bond acceptors (Lipinski definition) is 11. The third kappa shape index (κ3) is 3.93. The lowest BCUT2D eigenvalue weighted by Crippen LogP contribution is -2.59. The number of carbonyl (C=O) groups is 3. The molecule has 0 aliphatic carbocycles. The summed E-state index contributed by atoms with van der Waals surface area (Å²) in [5.41, 5.74) is 0.546. The van der Waals surface area contributed by atoms with Gasteiger partial charge in [-0.25, -0.2) is 4.79 Å². The number of benzene rings is 1. The van der Waals surface area contributed by atoms with Crippen LogP contribution in [0.1, 0.15) is 30.3 Å². The summed E-state index contributed by atoms with van der Waals surface area (Å²) in [6, 6.07) is 5.57. The third-order valence-corrected chi connectivity index (χ3v) is 5.95. The van der Waals surface area contributed by atoms with E-state index in [1.807, 2.05) is 0 Å². The minimum Gasteiger partial charge on any atom is -0.456 e. The molecule has 32 heavy (non-hydrogen) atoms. The molecule has 13 heteroatoms. The SMILES string of the molecule is CC(=O)OC(c1noc(C)n1)C1C(=O)N2C(C(=O)OCc3ccc([N+](=O)[O-])cc3)=CS[C@H]12. The fraction of sp³-hybridized carbons (Fsp3) is 0.316. The van der Waals surface area contributed by atoms with Crippen LogP contribution < -0.4 is 0 Å². The van der Waals surface area contributed by atoms with Gasteiger partial charge in [-0.1, -0.05) is 5.16 Å². The largest absolute Gasteiger partial charge is 0.456 e. The third-order valence-electron chi connectivity index (χ3n) is 4.81. The van der Waals surface area contributed by atoms with E-state index in [0.717, 1.165) is 0 Å². The maximum atomic E-state index is 12.9. The zero-order valence-electron chi connectivity index (χ0n) is 16.8. The van der Waals surface area contributed by atoms with Gasteiger partial charge in [0, 0.05) is 31.4 Å². The van der Waals surface area contributed by atoms with Gasteiger partial charge in [0.25, 0.3) is 5.69 Å². The lowest BCUT2D eigenvalue weighted by atomic mass is 9.90. The van der Waals surface area contributed by atoms with Gasteiger partial charge >= 0.3 is 11.9 Å². The van der Waals surface area contributed by atoms with E-state index in [1.54, 1.807) is 6.92 Å². The number of carbonyl (C=O) groups excluding carboxylic acids is 3. The minimum atomic E-state index is -1.05. The van der Waals surface area contributed by atoms with E-state index in [0.29, 0.717) is 5.56 Å². The first-order valence-corrected chi connectivity index (χ1v) is 10.3. The molecule has 2 unspecified atom stereocenters. The number of thioether (sulfide) groups is 1. The number of nitro groups is 1. The van der Waals surface area contributed by atoms with Gasteiger partial charge in [0.05, 0.1) is 4.92 Å². The summed E-state index contributed by atoms with van der Waals surface area (Å²) in [6.07, 6.45) is -1.05. The fourth-order valence-corrected chi connectivity index (χ4v) is 4.58. The number of nitro benzene ring substituents is 1. The van der Waals surface area contributed by atoms with Crippen molar-refractivity contribution in [1.29, 1.82) is 0 Å². The molecule has 0 spiro atoms. The molecular formula is C19H16N4O8S. The number of nitrogens with zero attached hydrogens (tertiary/aromatic N) is 4. The number of non-ortho nitro benzene ring substituents is 1. The zero-order chi connectivity index (χ0) is 23.0. The molecule has 2 aliphatic heterocycles. The summed E-state index contributed by atoms with van der Waals surface area (Å²) < 4.78 is 15.5. The van der Waals surface area contributed by atoms with Crippen LogP contribution in [0.3, 0.4) is 0 Å². The number of fused-ring (bicyclic) bond motifs is 1. The highest BCUT2D eigenvalue weighted by atomic mass is 32.2. The van der Waals surface area contributed by atoms with E-state index in [1.165, 1.54) is 53.3 Å². The monoisotopic (exact) mass is 460 g/mol. The van der Waals surface area contributed by atoms with Crippen LogP contribution in [0.15, 0.2) is 39.9 Å². The molecule has 1 fully saturated rings. The van der Waals surface area contributed by atoms with Crippen molar-refractivity contribution in [2.24, 2.45) is 5.92 Å². The van der Waals surface area contributed by atoms with Gasteiger partial charge in [0.15, 0.2) is 6.10 Å². The van der Waals surface area contributed by atoms with Gasteiger partial charge in [-0.3, -0.25) is 24.6 Å². The van der Waals surface area contributed by atoms with Crippen molar-refractivity contribution in [2.75, 3.05) is 0 Å². The number of β-lactam (4-membered cyclic amide) rings is 1. The van der Waals surface area contributed by atoms with E-state index in [9.17, 15) is 24.5 Å². The number of hydrogen-bond donors (Lipinski definition) is 0. The average molecular weight is 460 g/mol. The molecule has 4 rings (SSSR count). The molecule has 0 N–H and O–H groups in total. The standard InChI is InChI=1S/C19H16N4O8S/c1-9-20-16(21-31-9)15(30-10(2)24)14-17(25)22-13(8-32-18(14)22)19(26)29-7-11-3-5-12(6-4-11)23(27)28/h3-6,8,14-15,18H,7H2,1-2H3/t14?,15?,18-/m1/s1. The molecule has 1 saturated heterocycles. The molecule has 0 saturated carbocycles. The zero-order valence-corrected chi connectivity index (χ0v) is 17.6. The predicted molar refractivity (Wildman–Crippen MR) is 106 cm³/mol. The maximum Gasteiger partial charge on any atom is 0.355 e. The van der Waals surface area contributed by atoms with Crippen LogP contribution in [0.25, 0.3) is 0 Å². The number of aryl methyl sites for hydroxylation is 1. The van der Waals surface area contributed by atoms with E-state index < -0.39 is 40.2 Å². The van der Waals surface area contributed by atoms with E-state index in [4.69, 9.17) is 14.0 Å². The second kappa shape index (κ2) is 8.42. The molecule has 0 radical (unpaired) electrons. The van der Waals surface area contributed by atoms with Crippen molar-refractivity contribution in [1.82, 2.24) is 15.0 Å². The molecule has 3 atom stereocenters. The van der Waals surface area contributed by atoms with E-state index in [2.05, 4.69) is 10.1 Å². The van der Waals surface area contributed by atoms with Crippen molar-refractivity contribution < 1.29 is 33.3 Å². The molecule has 1 aromatic heterocycles. The Morgan fingerprint density at radius 3 is 2.66 bits per heavy atom. The molecule has 1 aromatic carbocycles. The smallest absolute Gasteiger partial charge is 0.355 e. The van der Waals surface area contributed by atoms with Crippen LogP contribution in [0.2, 0.25) is 0 Å². The van der Waals surface area contributed by atoms with Gasteiger partial charge in [-0.05, 0) is 17.7 Å². The highest BCUT2D eigenvalue weighted by Crippen LogP contribution is 2.50. The first-order chi connectivity index (χ1) is 15.3. The van der Waals surface area contributed by atoms with Crippen LogP contribution in [-0.4, -0.2) is 43.2 Å². The summed E-state index contributed by atoms with van der Waals surface area (Å²) in [7, 11) is 0. The number of ether oxygens (including phenoxy) is 2. The van der Waals surface area contributed by atoms with Crippen LogP contribution in [0, 0.1) is 23.0 Å². The molecule has 2 aliphatic rings. The Morgan fingerprint density at radius 2 is 2.06 bits per heavy atom. The summed E-state index contributed by atoms with van der Waals surface area (Å²) in [5, 5.41) is 15.5. The van der Waals surface area contributed by atoms with Gasteiger partial charge in [-0.15, -0.1) is 11.8 Å². The molecule has 1 amide bonds. The number of rotatable bonds is 7. The van der Waals surface area contributed by atoms with Crippen LogP contribution in [0.5, 0.6) is 0 Å². The van der Waals surface area contributed by atoms with Crippen molar-refractivity contribution in [2.45, 2.75) is 31.9 Å². The predicted octanol–water partition coefficient (Wildman–Crippen LogP) is 2.01. The van der Waals surface area contributed by atoms with E-state index >= 15 is 0 Å². The van der Waals surface area contributed by atoms with Gasteiger partial charge in [0.2, 0.25) is 17.6 Å². The van der Waals surface area contributed by atoms with Gasteiger partial charge < -0.3 is 14.0 Å². The number of aromatic nitrogens is 2. The number of esters is 2. The first kappa shape index (κ1) is 21.5. The molecule has 12 nitrogen and oxygen atoms in total. The highest BCUT2D eigenvalue weighted by Gasteiger charge is 2.59. The summed E-state index contributed by atoms with van der Waals surface area (Å²) in [6.45, 7) is 2.66. The second-order valence-corrected chi connectivity index (χ2v) is 7.96. The minimum absolute atomic E-state index is 0.0639. The Kier molecular flexibility index (Phi) is 5.65. The quantitative estimate of drug-likeness (QED) is 0.258. The molecular weight excluding hydrogens is 444 g/mol. The van der Waals surface area contributed by atoms with Crippen molar-refractivity contribution in [3.05, 3.63) is 62.8 Å². The van der Waals surface area contributed by atoms with E-state index in [-0.39, 0.29) is 29.7 Å². The lowest BCUT2D eigenvalue weighted by molar-refractivity contribution is -0.384. The average Bonchev–Trinajstić information content (AvgIpc) is 3.35. The Labute approximate surface area is 184 Å². The molecule has 3 heterocycles.